The number of nitrogens with zero attached hydrogens (tertiary/aromatic N) is 2. The van der Waals surface area contributed by atoms with Crippen LogP contribution in [-0.2, 0) is 11.2 Å². The average Bonchev–Trinajstić information content (AvgIpc) is 2.92. The number of aryl methyl sites for hydroxylation is 1. The first kappa shape index (κ1) is 14.7. The van der Waals surface area contributed by atoms with E-state index in [1.165, 1.54) is 5.56 Å². The molecule has 0 saturated carbocycles. The molecule has 1 unspecified atom stereocenters. The topological polar surface area (TPSA) is 78.6 Å². The smallest absolute Gasteiger partial charge is 0.239 e. The van der Waals surface area contributed by atoms with Gasteiger partial charge in [-0.15, -0.1) is 0 Å². The normalized spacial score (nSPS) is 18.0. The van der Waals surface area contributed by atoms with Crippen LogP contribution in [0.4, 0.5) is 5.82 Å². The molecule has 0 bridgehead atoms. The van der Waals surface area contributed by atoms with Crippen molar-refractivity contribution in [2.45, 2.75) is 19.4 Å². The first-order valence-electron chi connectivity index (χ1n) is 7.33. The maximum absolute atomic E-state index is 12.1. The fourth-order valence-corrected chi connectivity index (χ4v) is 2.90. The van der Waals surface area contributed by atoms with Gasteiger partial charge in [-0.25, -0.2) is 0 Å². The summed E-state index contributed by atoms with van der Waals surface area (Å²) < 4.78 is 4.93. The van der Waals surface area contributed by atoms with E-state index < -0.39 is 0 Å². The molecule has 0 radical (unpaired) electrons. The van der Waals surface area contributed by atoms with Crippen LogP contribution in [0.15, 0.2) is 34.9 Å². The molecular weight excluding hydrogens is 282 g/mol. The number of hydrogen-bond acceptors (Lipinski definition) is 5. The minimum absolute atomic E-state index is 0.00659. The number of aliphatic hydroxyl groups is 1. The van der Waals surface area contributed by atoms with Crippen LogP contribution < -0.4 is 5.32 Å². The first-order valence-corrected chi connectivity index (χ1v) is 7.33. The number of rotatable bonds is 4. The lowest BCUT2D eigenvalue weighted by atomic mass is 9.93. The number of aromatic nitrogens is 1. The van der Waals surface area contributed by atoms with Crippen molar-refractivity contribution < 1.29 is 14.4 Å². The van der Waals surface area contributed by atoms with E-state index in [0.717, 1.165) is 18.5 Å². The van der Waals surface area contributed by atoms with Gasteiger partial charge in [-0.2, -0.15) is 0 Å². The van der Waals surface area contributed by atoms with Gasteiger partial charge in [0, 0.05) is 12.6 Å². The Hall–Kier alpha value is -2.18. The van der Waals surface area contributed by atoms with E-state index in [9.17, 15) is 9.90 Å². The maximum Gasteiger partial charge on any atom is 0.239 e. The molecular formula is C16H19N3O3. The summed E-state index contributed by atoms with van der Waals surface area (Å²) in [6, 6.07) is 9.59. The molecule has 1 amide bonds. The Balaban J connectivity index is 1.68. The van der Waals surface area contributed by atoms with E-state index in [1.54, 1.807) is 13.0 Å². The fraction of sp³-hybridized carbons (Fsp3) is 0.375. The van der Waals surface area contributed by atoms with Crippen molar-refractivity contribution in [3.8, 4) is 0 Å². The van der Waals surface area contributed by atoms with E-state index in [2.05, 4.69) is 16.5 Å². The van der Waals surface area contributed by atoms with Gasteiger partial charge in [0.1, 0.15) is 5.76 Å². The molecule has 1 aliphatic heterocycles. The molecule has 0 saturated heterocycles. The molecule has 2 heterocycles. The predicted octanol–water partition coefficient (Wildman–Crippen LogP) is 1.51. The molecule has 6 heteroatoms. The summed E-state index contributed by atoms with van der Waals surface area (Å²) in [6.45, 7) is 2.72. The largest absolute Gasteiger partial charge is 0.394 e. The van der Waals surface area contributed by atoms with Crippen LogP contribution in [0, 0.1) is 6.92 Å². The van der Waals surface area contributed by atoms with Gasteiger partial charge >= 0.3 is 0 Å². The minimum atomic E-state index is -0.161. The van der Waals surface area contributed by atoms with E-state index in [1.807, 2.05) is 23.1 Å². The Morgan fingerprint density at radius 2 is 2.32 bits per heavy atom. The Labute approximate surface area is 128 Å². The first-order chi connectivity index (χ1) is 10.7. The highest BCUT2D eigenvalue weighted by molar-refractivity contribution is 5.91. The van der Waals surface area contributed by atoms with Crippen molar-refractivity contribution in [2.24, 2.45) is 0 Å². The van der Waals surface area contributed by atoms with Gasteiger partial charge in [-0.3, -0.25) is 9.69 Å². The zero-order chi connectivity index (χ0) is 15.5. The standard InChI is InChI=1S/C16H19N3O3/c1-11-8-15(18-22-11)17-16(21)9-19-7-6-12-4-2-3-5-13(12)14(19)10-20/h2-5,8,14,20H,6-7,9-10H2,1H3,(H,17,18,21). The molecule has 1 atom stereocenters. The predicted molar refractivity (Wildman–Crippen MR) is 81.4 cm³/mol. The van der Waals surface area contributed by atoms with Crippen molar-refractivity contribution in [3.63, 3.8) is 0 Å². The van der Waals surface area contributed by atoms with Gasteiger partial charge in [0.2, 0.25) is 5.91 Å². The van der Waals surface area contributed by atoms with Crippen LogP contribution in [0.5, 0.6) is 0 Å². The SMILES string of the molecule is Cc1cc(NC(=O)CN2CCc3ccccc3C2CO)no1. The monoisotopic (exact) mass is 301 g/mol. The number of carbonyl (C=O) groups is 1. The Morgan fingerprint density at radius 3 is 3.05 bits per heavy atom. The quantitative estimate of drug-likeness (QED) is 0.895. The van der Waals surface area contributed by atoms with Crippen molar-refractivity contribution >= 4 is 11.7 Å². The van der Waals surface area contributed by atoms with Crippen molar-refractivity contribution in [1.29, 1.82) is 0 Å². The Morgan fingerprint density at radius 1 is 1.50 bits per heavy atom. The molecule has 116 valence electrons. The third-order valence-corrected chi connectivity index (χ3v) is 3.94. The molecule has 2 N–H and O–H groups in total. The molecule has 1 aromatic carbocycles. The lowest BCUT2D eigenvalue weighted by molar-refractivity contribution is -0.118. The van der Waals surface area contributed by atoms with Gasteiger partial charge in [0.25, 0.3) is 0 Å². The van der Waals surface area contributed by atoms with Gasteiger partial charge in [-0.1, -0.05) is 29.4 Å². The average molecular weight is 301 g/mol. The molecule has 2 aromatic rings. The van der Waals surface area contributed by atoms with E-state index in [4.69, 9.17) is 4.52 Å². The van der Waals surface area contributed by atoms with Gasteiger partial charge in [0.05, 0.1) is 19.2 Å². The maximum atomic E-state index is 12.1. The zero-order valence-corrected chi connectivity index (χ0v) is 12.5. The van der Waals surface area contributed by atoms with E-state index in [-0.39, 0.29) is 25.1 Å². The number of hydrogen-bond donors (Lipinski definition) is 2. The lowest BCUT2D eigenvalue weighted by Crippen LogP contribution is -2.42. The van der Waals surface area contributed by atoms with Crippen LogP contribution in [0.2, 0.25) is 0 Å². The minimum Gasteiger partial charge on any atom is -0.394 e. The second kappa shape index (κ2) is 6.29. The third-order valence-electron chi connectivity index (χ3n) is 3.94. The molecule has 6 nitrogen and oxygen atoms in total. The van der Waals surface area contributed by atoms with Gasteiger partial charge < -0.3 is 14.9 Å². The number of benzene rings is 1. The number of amides is 1. The third kappa shape index (κ3) is 3.03. The van der Waals surface area contributed by atoms with Crippen LogP contribution in [-0.4, -0.2) is 40.8 Å². The second-order valence-electron chi connectivity index (χ2n) is 5.49. The van der Waals surface area contributed by atoms with E-state index in [0.29, 0.717) is 11.6 Å². The summed E-state index contributed by atoms with van der Waals surface area (Å²) in [6.07, 6.45) is 0.878. The molecule has 22 heavy (non-hydrogen) atoms. The van der Waals surface area contributed by atoms with Crippen LogP contribution in [0.3, 0.4) is 0 Å². The molecule has 3 rings (SSSR count). The van der Waals surface area contributed by atoms with Gasteiger partial charge in [0.15, 0.2) is 5.82 Å². The number of nitrogens with one attached hydrogen (secondary N) is 1. The Kier molecular flexibility index (Phi) is 4.22. The summed E-state index contributed by atoms with van der Waals surface area (Å²) >= 11 is 0. The summed E-state index contributed by atoms with van der Waals surface area (Å²) in [5, 5.41) is 16.2. The van der Waals surface area contributed by atoms with Crippen LogP contribution in [0.25, 0.3) is 0 Å². The highest BCUT2D eigenvalue weighted by Crippen LogP contribution is 2.28. The second-order valence-corrected chi connectivity index (χ2v) is 5.49. The fourth-order valence-electron chi connectivity index (χ4n) is 2.90. The highest BCUT2D eigenvalue weighted by Gasteiger charge is 2.28. The van der Waals surface area contributed by atoms with Crippen molar-refractivity contribution in [2.75, 3.05) is 25.0 Å². The summed E-state index contributed by atoms with van der Waals surface area (Å²) in [5.41, 5.74) is 2.34. The molecule has 1 aromatic heterocycles. The van der Waals surface area contributed by atoms with Crippen LogP contribution in [0.1, 0.15) is 22.9 Å². The Bertz CT molecular complexity index is 668. The summed E-state index contributed by atoms with van der Waals surface area (Å²) in [5.74, 6) is 0.905. The van der Waals surface area contributed by atoms with Crippen LogP contribution >= 0.6 is 0 Å². The van der Waals surface area contributed by atoms with Crippen molar-refractivity contribution in [3.05, 3.63) is 47.2 Å². The number of fused-ring (bicyclic) bond motifs is 1. The zero-order valence-electron chi connectivity index (χ0n) is 12.5. The number of aliphatic hydroxyl groups excluding tert-OH is 1. The van der Waals surface area contributed by atoms with E-state index >= 15 is 0 Å². The van der Waals surface area contributed by atoms with Crippen molar-refractivity contribution in [1.82, 2.24) is 10.1 Å². The molecule has 0 fully saturated rings. The molecule has 1 aliphatic rings. The summed E-state index contributed by atoms with van der Waals surface area (Å²) in [7, 11) is 0. The molecule has 0 spiro atoms. The highest BCUT2D eigenvalue weighted by atomic mass is 16.5. The molecule has 0 aliphatic carbocycles. The lowest BCUT2D eigenvalue weighted by Gasteiger charge is -2.35. The van der Waals surface area contributed by atoms with Gasteiger partial charge in [-0.05, 0) is 24.5 Å². The summed E-state index contributed by atoms with van der Waals surface area (Å²) in [4.78, 5) is 14.1. The number of anilines is 1. The number of carbonyl (C=O) groups excluding carboxylic acids is 1.